The molecule has 0 heterocycles. The first kappa shape index (κ1) is 19.7. The Morgan fingerprint density at radius 2 is 2.20 bits per heavy atom. The SMILES string of the molecule is CCCC(NC/C(C)=C/N/C=C\C=C/CC1=CCC(F)C=C1)C1CC1. The Bertz CT molecular complexity index is 538. The molecule has 2 rings (SSSR count). The highest BCUT2D eigenvalue weighted by Crippen LogP contribution is 2.34. The van der Waals surface area contributed by atoms with Gasteiger partial charge in [0.1, 0.15) is 6.17 Å². The topological polar surface area (TPSA) is 24.1 Å². The van der Waals surface area contributed by atoms with Gasteiger partial charge in [-0.2, -0.15) is 0 Å². The van der Waals surface area contributed by atoms with Crippen molar-refractivity contribution in [2.75, 3.05) is 6.54 Å². The van der Waals surface area contributed by atoms with Crippen LogP contribution in [0.4, 0.5) is 4.39 Å². The third-order valence-corrected chi connectivity index (χ3v) is 4.68. The van der Waals surface area contributed by atoms with E-state index in [0.29, 0.717) is 12.5 Å². The maximum atomic E-state index is 13.0. The molecule has 1 fully saturated rings. The van der Waals surface area contributed by atoms with Crippen LogP contribution in [-0.2, 0) is 0 Å². The zero-order chi connectivity index (χ0) is 17.9. The molecule has 2 aliphatic carbocycles. The number of hydrogen-bond acceptors (Lipinski definition) is 2. The van der Waals surface area contributed by atoms with Crippen LogP contribution >= 0.6 is 0 Å². The lowest BCUT2D eigenvalue weighted by Crippen LogP contribution is -2.32. The molecule has 0 amide bonds. The number of alkyl halides is 1. The van der Waals surface area contributed by atoms with Crippen molar-refractivity contribution < 1.29 is 4.39 Å². The van der Waals surface area contributed by atoms with Gasteiger partial charge in [-0.1, -0.05) is 43.7 Å². The zero-order valence-corrected chi connectivity index (χ0v) is 15.7. The Kier molecular flexibility index (Phi) is 8.75. The highest BCUT2D eigenvalue weighted by atomic mass is 19.1. The number of rotatable bonds is 11. The predicted molar refractivity (Wildman–Crippen MR) is 106 cm³/mol. The van der Waals surface area contributed by atoms with Gasteiger partial charge < -0.3 is 10.6 Å². The second-order valence-electron chi connectivity index (χ2n) is 7.15. The van der Waals surface area contributed by atoms with E-state index in [1.807, 2.05) is 30.5 Å². The van der Waals surface area contributed by atoms with Crippen molar-refractivity contribution in [1.29, 1.82) is 0 Å². The van der Waals surface area contributed by atoms with Gasteiger partial charge in [-0.15, -0.1) is 0 Å². The first-order valence-corrected chi connectivity index (χ1v) is 9.67. The van der Waals surface area contributed by atoms with E-state index in [-0.39, 0.29) is 0 Å². The molecular weight excluding hydrogens is 311 g/mol. The summed E-state index contributed by atoms with van der Waals surface area (Å²) in [4.78, 5) is 0. The van der Waals surface area contributed by atoms with Crippen LogP contribution in [0, 0.1) is 5.92 Å². The molecule has 0 spiro atoms. The van der Waals surface area contributed by atoms with Crippen LogP contribution in [0.2, 0.25) is 0 Å². The summed E-state index contributed by atoms with van der Waals surface area (Å²) in [7, 11) is 0. The molecule has 2 N–H and O–H groups in total. The Labute approximate surface area is 152 Å². The molecule has 3 heteroatoms. The summed E-state index contributed by atoms with van der Waals surface area (Å²) in [6.45, 7) is 5.37. The van der Waals surface area contributed by atoms with Crippen molar-refractivity contribution in [1.82, 2.24) is 10.6 Å². The Balaban J connectivity index is 1.59. The normalized spacial score (nSPS) is 22.6. The van der Waals surface area contributed by atoms with Crippen molar-refractivity contribution in [2.45, 2.75) is 64.6 Å². The minimum absolute atomic E-state index is 0.509. The second-order valence-corrected chi connectivity index (χ2v) is 7.15. The van der Waals surface area contributed by atoms with Crippen LogP contribution in [0.15, 0.2) is 60.0 Å². The van der Waals surface area contributed by atoms with Gasteiger partial charge in [0.2, 0.25) is 0 Å². The average Bonchev–Trinajstić information content (AvgIpc) is 3.44. The third-order valence-electron chi connectivity index (χ3n) is 4.68. The first-order chi connectivity index (χ1) is 12.2. The fourth-order valence-corrected chi connectivity index (χ4v) is 3.03. The second kappa shape index (κ2) is 11.1. The van der Waals surface area contributed by atoms with E-state index >= 15 is 0 Å². The van der Waals surface area contributed by atoms with Crippen molar-refractivity contribution in [3.05, 3.63) is 60.0 Å². The largest absolute Gasteiger partial charge is 0.368 e. The maximum absolute atomic E-state index is 13.0. The molecule has 25 heavy (non-hydrogen) atoms. The lowest BCUT2D eigenvalue weighted by Gasteiger charge is -2.17. The first-order valence-electron chi connectivity index (χ1n) is 9.67. The Hall–Kier alpha value is -1.61. The van der Waals surface area contributed by atoms with E-state index in [1.54, 1.807) is 6.08 Å². The number of halogens is 1. The van der Waals surface area contributed by atoms with E-state index in [4.69, 9.17) is 0 Å². The van der Waals surface area contributed by atoms with Gasteiger partial charge in [0.05, 0.1) is 0 Å². The highest BCUT2D eigenvalue weighted by molar-refractivity contribution is 5.27. The van der Waals surface area contributed by atoms with Gasteiger partial charge in [0, 0.05) is 31.4 Å². The molecule has 2 atom stereocenters. The third kappa shape index (κ3) is 8.35. The summed E-state index contributed by atoms with van der Waals surface area (Å²) in [5.74, 6) is 0.913. The lowest BCUT2D eigenvalue weighted by atomic mass is 10.0. The molecule has 2 aliphatic rings. The summed E-state index contributed by atoms with van der Waals surface area (Å²) < 4.78 is 13.0. The van der Waals surface area contributed by atoms with Crippen LogP contribution in [0.3, 0.4) is 0 Å². The number of hydrogen-bond donors (Lipinski definition) is 2. The van der Waals surface area contributed by atoms with Gasteiger partial charge >= 0.3 is 0 Å². The van der Waals surface area contributed by atoms with Crippen molar-refractivity contribution in [3.8, 4) is 0 Å². The number of nitrogens with one attached hydrogen (secondary N) is 2. The molecule has 1 saturated carbocycles. The van der Waals surface area contributed by atoms with Gasteiger partial charge in [0.25, 0.3) is 0 Å². The molecule has 138 valence electrons. The van der Waals surface area contributed by atoms with Gasteiger partial charge in [-0.05, 0) is 55.7 Å². The predicted octanol–water partition coefficient (Wildman–Crippen LogP) is 5.33. The fraction of sp³-hybridized carbons (Fsp3) is 0.545. The highest BCUT2D eigenvalue weighted by Gasteiger charge is 2.29. The molecule has 0 saturated heterocycles. The van der Waals surface area contributed by atoms with Crippen LogP contribution in [0.25, 0.3) is 0 Å². The van der Waals surface area contributed by atoms with Gasteiger partial charge in [-0.3, -0.25) is 0 Å². The van der Waals surface area contributed by atoms with Crippen LogP contribution in [0.5, 0.6) is 0 Å². The molecule has 0 aliphatic heterocycles. The van der Waals surface area contributed by atoms with Crippen molar-refractivity contribution >= 4 is 0 Å². The zero-order valence-electron chi connectivity index (χ0n) is 15.7. The summed E-state index contributed by atoms with van der Waals surface area (Å²) in [6, 6.07) is 0.697. The summed E-state index contributed by atoms with van der Waals surface area (Å²) >= 11 is 0. The van der Waals surface area contributed by atoms with Crippen LogP contribution in [-0.4, -0.2) is 18.8 Å². The summed E-state index contributed by atoms with van der Waals surface area (Å²) in [5.41, 5.74) is 2.50. The minimum atomic E-state index is -0.803. The van der Waals surface area contributed by atoms with Gasteiger partial charge in [-0.25, -0.2) is 4.39 Å². The minimum Gasteiger partial charge on any atom is -0.368 e. The van der Waals surface area contributed by atoms with Crippen molar-refractivity contribution in [2.24, 2.45) is 5.92 Å². The van der Waals surface area contributed by atoms with E-state index in [0.717, 1.165) is 18.9 Å². The van der Waals surface area contributed by atoms with Crippen LogP contribution < -0.4 is 10.6 Å². The maximum Gasteiger partial charge on any atom is 0.122 e. The monoisotopic (exact) mass is 344 g/mol. The van der Waals surface area contributed by atoms with E-state index in [2.05, 4.69) is 36.8 Å². The molecular formula is C22H33FN2. The smallest absolute Gasteiger partial charge is 0.122 e. The Morgan fingerprint density at radius 1 is 1.36 bits per heavy atom. The molecule has 2 unspecified atom stereocenters. The van der Waals surface area contributed by atoms with E-state index in [1.165, 1.54) is 36.8 Å². The van der Waals surface area contributed by atoms with Gasteiger partial charge in [0.15, 0.2) is 0 Å². The molecule has 2 nitrogen and oxygen atoms in total. The van der Waals surface area contributed by atoms with E-state index in [9.17, 15) is 4.39 Å². The Morgan fingerprint density at radius 3 is 2.88 bits per heavy atom. The van der Waals surface area contributed by atoms with Crippen molar-refractivity contribution in [3.63, 3.8) is 0 Å². The average molecular weight is 345 g/mol. The summed E-state index contributed by atoms with van der Waals surface area (Å²) in [6.07, 6.45) is 21.5. The molecule has 0 aromatic carbocycles. The number of allylic oxidation sites excluding steroid dienone is 7. The fourth-order valence-electron chi connectivity index (χ4n) is 3.03. The molecule has 0 bridgehead atoms. The standard InChI is InChI=1S/C22H33FN2/c1-3-7-22(20-11-12-20)25-17-18(2)16-24-15-6-4-5-8-19-9-13-21(23)14-10-19/h4-6,9-10,13,15-16,20-22,24-25H,3,7-8,11-12,14,17H2,1-2H3/b5-4-,15-6-,18-16+. The van der Waals surface area contributed by atoms with E-state index < -0.39 is 6.17 Å². The lowest BCUT2D eigenvalue weighted by molar-refractivity contribution is 0.400. The molecule has 0 radical (unpaired) electrons. The molecule has 0 aromatic rings. The van der Waals surface area contributed by atoms with Crippen LogP contribution in [0.1, 0.15) is 52.4 Å². The quantitative estimate of drug-likeness (QED) is 0.495. The summed E-state index contributed by atoms with van der Waals surface area (Å²) in [5, 5.41) is 6.92. The molecule has 0 aromatic heterocycles.